The third kappa shape index (κ3) is 7.30. The summed E-state index contributed by atoms with van der Waals surface area (Å²) in [6, 6.07) is 4.90. The first kappa shape index (κ1) is 25.3. The van der Waals surface area contributed by atoms with Crippen LogP contribution >= 0.6 is 11.6 Å². The van der Waals surface area contributed by atoms with Crippen molar-refractivity contribution in [3.05, 3.63) is 40.7 Å². The number of nitriles is 1. The monoisotopic (exact) mass is 464 g/mol. The van der Waals surface area contributed by atoms with Crippen LogP contribution in [0, 0.1) is 11.3 Å². The van der Waals surface area contributed by atoms with Gasteiger partial charge < -0.3 is 26.2 Å². The summed E-state index contributed by atoms with van der Waals surface area (Å²) in [7, 11) is 0. The number of pyridine rings is 2. The van der Waals surface area contributed by atoms with E-state index in [1.54, 1.807) is 13.8 Å². The minimum Gasteiger partial charge on any atom is -0.389 e. The highest BCUT2D eigenvalue weighted by Crippen LogP contribution is 2.26. The summed E-state index contributed by atoms with van der Waals surface area (Å²) in [6.45, 7) is 5.53. The van der Waals surface area contributed by atoms with Crippen molar-refractivity contribution in [3.63, 3.8) is 0 Å². The Morgan fingerprint density at radius 3 is 2.50 bits per heavy atom. The lowest BCUT2D eigenvalue weighted by Gasteiger charge is -2.23. The van der Waals surface area contributed by atoms with Gasteiger partial charge in [-0.25, -0.2) is 14.4 Å². The fourth-order valence-corrected chi connectivity index (χ4v) is 2.62. The normalized spacial score (nSPS) is 12.6. The number of amides is 1. The summed E-state index contributed by atoms with van der Waals surface area (Å²) in [5.41, 5.74) is -1.94. The molecule has 0 fully saturated rings. The van der Waals surface area contributed by atoms with Gasteiger partial charge in [-0.2, -0.15) is 5.26 Å². The van der Waals surface area contributed by atoms with Gasteiger partial charge in [0.25, 0.3) is 5.91 Å². The summed E-state index contributed by atoms with van der Waals surface area (Å²) < 4.78 is 14.0. The van der Waals surface area contributed by atoms with Crippen LogP contribution in [-0.2, 0) is 0 Å². The van der Waals surface area contributed by atoms with E-state index in [-0.39, 0.29) is 22.9 Å². The fourth-order valence-electron chi connectivity index (χ4n) is 2.40. The molecule has 9 nitrogen and oxygen atoms in total. The highest BCUT2D eigenvalue weighted by molar-refractivity contribution is 6.33. The third-order valence-corrected chi connectivity index (χ3v) is 4.57. The Morgan fingerprint density at radius 1 is 1.25 bits per heavy atom. The number of alkyl halides is 1. The van der Waals surface area contributed by atoms with Crippen LogP contribution < -0.4 is 16.0 Å². The largest absolute Gasteiger partial charge is 0.389 e. The minimum atomic E-state index is -1.67. The second-order valence-electron chi connectivity index (χ2n) is 8.40. The molecule has 0 unspecified atom stereocenters. The Labute approximate surface area is 190 Å². The van der Waals surface area contributed by atoms with Crippen molar-refractivity contribution < 1.29 is 19.4 Å². The Morgan fingerprint density at radius 2 is 1.94 bits per heavy atom. The number of anilines is 3. The Balaban J connectivity index is 2.28. The van der Waals surface area contributed by atoms with Gasteiger partial charge in [-0.05, 0) is 33.8 Å². The molecule has 2 aromatic heterocycles. The number of hydrogen-bond acceptors (Lipinski definition) is 8. The smallest absolute Gasteiger partial charge is 0.255 e. The summed E-state index contributed by atoms with van der Waals surface area (Å²) in [5, 5.41) is 37.2. The number of aromatic nitrogens is 2. The lowest BCUT2D eigenvalue weighted by molar-refractivity contribution is -0.00178. The first-order valence-corrected chi connectivity index (χ1v) is 10.1. The van der Waals surface area contributed by atoms with Gasteiger partial charge in [-0.1, -0.05) is 11.6 Å². The van der Waals surface area contributed by atoms with E-state index in [9.17, 15) is 19.4 Å². The molecular weight excluding hydrogens is 439 g/mol. The van der Waals surface area contributed by atoms with Gasteiger partial charge in [0.15, 0.2) is 0 Å². The molecule has 0 bridgehead atoms. The number of hydrogen-bond donors (Lipinski definition) is 5. The molecule has 172 valence electrons. The highest BCUT2D eigenvalue weighted by atomic mass is 35.5. The molecule has 0 saturated heterocycles. The number of rotatable bonds is 9. The third-order valence-electron chi connectivity index (χ3n) is 4.29. The highest BCUT2D eigenvalue weighted by Gasteiger charge is 2.27. The zero-order valence-corrected chi connectivity index (χ0v) is 19.0. The predicted octanol–water partition coefficient (Wildman–Crippen LogP) is 2.77. The Hall–Kier alpha value is -3.00. The van der Waals surface area contributed by atoms with E-state index in [0.717, 1.165) is 0 Å². The molecule has 2 rings (SSSR count). The average molecular weight is 465 g/mol. The lowest BCUT2D eigenvalue weighted by Crippen LogP contribution is -2.42. The maximum Gasteiger partial charge on any atom is 0.255 e. The predicted molar refractivity (Wildman–Crippen MR) is 120 cm³/mol. The Bertz CT molecular complexity index is 1010. The van der Waals surface area contributed by atoms with Crippen LogP contribution in [0.5, 0.6) is 0 Å². The molecule has 0 aliphatic heterocycles. The second-order valence-corrected chi connectivity index (χ2v) is 8.81. The molecule has 0 saturated carbocycles. The fraction of sp³-hybridized carbons (Fsp3) is 0.429. The van der Waals surface area contributed by atoms with E-state index in [0.29, 0.717) is 17.1 Å². The summed E-state index contributed by atoms with van der Waals surface area (Å²) in [6.07, 6.45) is 0.955. The molecule has 0 radical (unpaired) electrons. The second kappa shape index (κ2) is 10.1. The van der Waals surface area contributed by atoms with Gasteiger partial charge in [0.1, 0.15) is 23.9 Å². The first-order valence-electron chi connectivity index (χ1n) is 9.74. The molecule has 0 aliphatic carbocycles. The van der Waals surface area contributed by atoms with Crippen LogP contribution in [0.15, 0.2) is 24.5 Å². The number of nitrogens with one attached hydrogen (secondary N) is 3. The van der Waals surface area contributed by atoms with Crippen LogP contribution in [0.2, 0.25) is 5.02 Å². The van der Waals surface area contributed by atoms with Crippen molar-refractivity contribution in [3.8, 4) is 6.07 Å². The number of aliphatic hydroxyl groups is 2. The van der Waals surface area contributed by atoms with Crippen LogP contribution in [0.3, 0.4) is 0 Å². The molecule has 1 atom stereocenters. The van der Waals surface area contributed by atoms with E-state index in [4.69, 9.17) is 16.9 Å². The van der Waals surface area contributed by atoms with Crippen molar-refractivity contribution in [2.75, 3.05) is 23.7 Å². The van der Waals surface area contributed by atoms with Crippen molar-refractivity contribution in [2.24, 2.45) is 0 Å². The van der Waals surface area contributed by atoms with Gasteiger partial charge >= 0.3 is 0 Å². The van der Waals surface area contributed by atoms with E-state index in [1.165, 1.54) is 38.4 Å². The minimum absolute atomic E-state index is 0.113. The van der Waals surface area contributed by atoms with Gasteiger partial charge in [0.2, 0.25) is 0 Å². The van der Waals surface area contributed by atoms with Gasteiger partial charge in [-0.15, -0.1) is 0 Å². The van der Waals surface area contributed by atoms with Gasteiger partial charge in [-0.3, -0.25) is 4.79 Å². The van der Waals surface area contributed by atoms with E-state index >= 15 is 0 Å². The van der Waals surface area contributed by atoms with Gasteiger partial charge in [0.05, 0.1) is 39.6 Å². The molecule has 11 heteroatoms. The van der Waals surface area contributed by atoms with Crippen LogP contribution in [0.25, 0.3) is 0 Å². The molecule has 32 heavy (non-hydrogen) atoms. The molecule has 2 aromatic rings. The molecule has 0 aliphatic rings. The standard InChI is InChI=1S/C21H26ClFN6O3/c1-20(2,31)11-28-15-6-17(29-18-14(22)5-12(7-24)8-26-18)25-9-13(15)19(30)27-10-16(23)21(3,4)32/h5-6,8-9,16,31-32H,10-11H2,1-4H3,(H,27,30)(H2,25,26,28,29)/t16-/m1/s1. The molecule has 0 spiro atoms. The molecule has 5 N–H and O–H groups in total. The summed E-state index contributed by atoms with van der Waals surface area (Å²) >= 11 is 6.14. The quantitative estimate of drug-likeness (QED) is 0.381. The van der Waals surface area contributed by atoms with Crippen molar-refractivity contribution in [2.45, 2.75) is 45.1 Å². The maximum absolute atomic E-state index is 14.0. The lowest BCUT2D eigenvalue weighted by atomic mass is 10.0. The topological polar surface area (TPSA) is 143 Å². The maximum atomic E-state index is 14.0. The van der Waals surface area contributed by atoms with Crippen LogP contribution in [0.1, 0.15) is 43.6 Å². The number of carbonyl (C=O) groups excluding carboxylic acids is 1. The summed E-state index contributed by atoms with van der Waals surface area (Å²) in [5.74, 6) is -0.0586. The number of halogens is 2. The number of carbonyl (C=O) groups is 1. The van der Waals surface area contributed by atoms with Crippen molar-refractivity contribution in [1.29, 1.82) is 5.26 Å². The van der Waals surface area contributed by atoms with Crippen molar-refractivity contribution >= 4 is 34.8 Å². The van der Waals surface area contributed by atoms with Crippen LogP contribution in [-0.4, -0.2) is 56.6 Å². The summed E-state index contributed by atoms with van der Waals surface area (Å²) in [4.78, 5) is 20.9. The zero-order chi connectivity index (χ0) is 24.1. The van der Waals surface area contributed by atoms with Crippen molar-refractivity contribution in [1.82, 2.24) is 15.3 Å². The van der Waals surface area contributed by atoms with E-state index in [2.05, 4.69) is 25.9 Å². The van der Waals surface area contributed by atoms with E-state index in [1.807, 2.05) is 6.07 Å². The number of nitrogens with zero attached hydrogens (tertiary/aromatic N) is 3. The molecule has 2 heterocycles. The van der Waals surface area contributed by atoms with Crippen LogP contribution in [0.4, 0.5) is 21.7 Å². The molecule has 0 aromatic carbocycles. The molecule has 1 amide bonds. The zero-order valence-electron chi connectivity index (χ0n) is 18.2. The average Bonchev–Trinajstić information content (AvgIpc) is 2.70. The Kier molecular flexibility index (Phi) is 7.96. The van der Waals surface area contributed by atoms with Gasteiger partial charge in [0, 0.05) is 25.0 Å². The first-order chi connectivity index (χ1) is 14.8. The SMILES string of the molecule is CC(C)(O)CNc1cc(Nc2ncc(C#N)cc2Cl)ncc1C(=O)NC[C@@H](F)C(C)(C)O. The van der Waals surface area contributed by atoms with E-state index < -0.39 is 29.8 Å². The molecular formula is C21H26ClFN6O3.